The Labute approximate surface area is 143 Å². The zero-order valence-electron chi connectivity index (χ0n) is 14.6. The number of aldehydes is 1. The van der Waals surface area contributed by atoms with Crippen molar-refractivity contribution in [3.63, 3.8) is 0 Å². The Morgan fingerprint density at radius 1 is 1.25 bits per heavy atom. The largest absolute Gasteiger partial charge is 0.469 e. The van der Waals surface area contributed by atoms with Crippen LogP contribution in [0.1, 0.15) is 77.0 Å². The highest BCUT2D eigenvalue weighted by molar-refractivity contribution is 5.73. The highest BCUT2D eigenvalue weighted by Gasteiger charge is 2.43. The molecule has 136 valence electrons. The molecule has 24 heavy (non-hydrogen) atoms. The Bertz CT molecular complexity index is 460. The van der Waals surface area contributed by atoms with Gasteiger partial charge >= 0.3 is 5.97 Å². The van der Waals surface area contributed by atoms with Crippen LogP contribution in [0.4, 0.5) is 0 Å². The highest BCUT2D eigenvalue weighted by Crippen LogP contribution is 2.35. The maximum absolute atomic E-state index is 11.5. The van der Waals surface area contributed by atoms with E-state index in [0.29, 0.717) is 31.3 Å². The number of nitrogens with zero attached hydrogens (tertiary/aromatic N) is 1. The molecule has 0 N–H and O–H groups in total. The summed E-state index contributed by atoms with van der Waals surface area (Å²) in [5.41, 5.74) is -0.366. The van der Waals surface area contributed by atoms with E-state index in [1.165, 1.54) is 7.11 Å². The molecule has 0 heterocycles. The van der Waals surface area contributed by atoms with Crippen LogP contribution in [0.2, 0.25) is 0 Å². The number of hydrogen-bond donors (Lipinski definition) is 0. The number of rotatable bonds is 12. The number of methoxy groups -OCH3 is 1. The monoisotopic (exact) mass is 339 g/mol. The average molecular weight is 339 g/mol. The molecule has 0 aromatic rings. The van der Waals surface area contributed by atoms with Gasteiger partial charge < -0.3 is 4.74 Å². The zero-order chi connectivity index (χ0) is 17.8. The van der Waals surface area contributed by atoms with Crippen LogP contribution in [0.3, 0.4) is 0 Å². The van der Waals surface area contributed by atoms with Crippen molar-refractivity contribution < 1.29 is 19.2 Å². The first kappa shape index (κ1) is 20.3. The smallest absolute Gasteiger partial charge is 0.305 e. The van der Waals surface area contributed by atoms with Crippen molar-refractivity contribution in [2.45, 2.75) is 82.6 Å². The maximum atomic E-state index is 11.5. The normalized spacial score (nSPS) is 20.3. The number of carbonyl (C=O) groups excluding carboxylic acids is 2. The van der Waals surface area contributed by atoms with Crippen LogP contribution in [0.5, 0.6) is 0 Å². The summed E-state index contributed by atoms with van der Waals surface area (Å²) in [7, 11) is 1.40. The lowest BCUT2D eigenvalue weighted by Crippen LogP contribution is -2.40. The fraction of sp³-hybridized carbons (Fsp3) is 0.778. The summed E-state index contributed by atoms with van der Waals surface area (Å²) in [6, 6.07) is 0. The van der Waals surface area contributed by atoms with Gasteiger partial charge in [-0.15, -0.1) is 0 Å². The number of unbranched alkanes of at least 4 members (excludes halogenated alkanes) is 6. The second-order valence-electron chi connectivity index (χ2n) is 6.64. The Morgan fingerprint density at radius 2 is 1.88 bits per heavy atom. The molecule has 0 fully saturated rings. The van der Waals surface area contributed by atoms with Crippen LogP contribution >= 0.6 is 0 Å². The van der Waals surface area contributed by atoms with Crippen LogP contribution in [0.25, 0.3) is 0 Å². The van der Waals surface area contributed by atoms with E-state index in [0.717, 1.165) is 51.2 Å². The van der Waals surface area contributed by atoms with Gasteiger partial charge in [0.25, 0.3) is 0 Å². The van der Waals surface area contributed by atoms with E-state index in [4.69, 9.17) is 0 Å². The fourth-order valence-corrected chi connectivity index (χ4v) is 3.33. The van der Waals surface area contributed by atoms with E-state index < -0.39 is 5.54 Å². The van der Waals surface area contributed by atoms with E-state index in [1.54, 1.807) is 0 Å². The first-order chi connectivity index (χ1) is 11.5. The lowest BCUT2D eigenvalue weighted by atomic mass is 9.78. The minimum Gasteiger partial charge on any atom is -0.469 e. The molecule has 0 aliphatic heterocycles. The fourth-order valence-electron chi connectivity index (χ4n) is 3.33. The molecule has 6 nitrogen and oxygen atoms in total. The number of nitro groups is 1. The molecule has 0 aromatic carbocycles. The molecule has 1 aliphatic carbocycles. The molecule has 0 aromatic heterocycles. The van der Waals surface area contributed by atoms with Crippen LogP contribution in [0.15, 0.2) is 11.6 Å². The van der Waals surface area contributed by atoms with Gasteiger partial charge in [-0.25, -0.2) is 0 Å². The standard InChI is InChI=1S/C18H29NO5/c1-24-17(21)11-7-5-3-2-4-6-8-12-18(19(22)23)13-9-10-16(14-18)15-20/h10,15H,2-9,11-14H2,1H3. The number of carbonyl (C=O) groups is 2. The first-order valence-electron chi connectivity index (χ1n) is 8.89. The minimum atomic E-state index is -0.939. The SMILES string of the molecule is COC(=O)CCCCCCCCCC1([N+](=O)[O-])CCC=C(C=O)C1. The second kappa shape index (κ2) is 10.9. The predicted octanol–water partition coefficient (Wildman–Crippen LogP) is 4.00. The number of hydrogen-bond acceptors (Lipinski definition) is 5. The van der Waals surface area contributed by atoms with Crippen LogP contribution in [-0.4, -0.2) is 29.8 Å². The number of ether oxygens (including phenoxy) is 1. The third kappa shape index (κ3) is 6.81. The molecule has 0 spiro atoms. The Kier molecular flexibility index (Phi) is 9.27. The van der Waals surface area contributed by atoms with Gasteiger partial charge in [0.2, 0.25) is 5.54 Å². The van der Waals surface area contributed by atoms with Crippen molar-refractivity contribution in [2.75, 3.05) is 7.11 Å². The molecule has 0 radical (unpaired) electrons. The molecule has 0 saturated heterocycles. The van der Waals surface area contributed by atoms with Crippen molar-refractivity contribution in [2.24, 2.45) is 0 Å². The van der Waals surface area contributed by atoms with Gasteiger partial charge in [-0.3, -0.25) is 19.7 Å². The van der Waals surface area contributed by atoms with Crippen molar-refractivity contribution in [1.82, 2.24) is 0 Å². The molecule has 0 amide bonds. The van der Waals surface area contributed by atoms with Crippen LogP contribution in [0, 0.1) is 10.1 Å². The lowest BCUT2D eigenvalue weighted by molar-refractivity contribution is -0.573. The summed E-state index contributed by atoms with van der Waals surface area (Å²) in [5, 5.41) is 11.5. The molecular formula is C18H29NO5. The van der Waals surface area contributed by atoms with E-state index in [2.05, 4.69) is 4.74 Å². The molecule has 1 unspecified atom stereocenters. The lowest BCUT2D eigenvalue weighted by Gasteiger charge is -2.28. The van der Waals surface area contributed by atoms with Gasteiger partial charge in [-0.05, 0) is 24.8 Å². The van der Waals surface area contributed by atoms with Gasteiger partial charge in [-0.1, -0.05) is 38.2 Å². The van der Waals surface area contributed by atoms with Crippen LogP contribution < -0.4 is 0 Å². The quantitative estimate of drug-likeness (QED) is 0.176. The maximum Gasteiger partial charge on any atom is 0.305 e. The third-order valence-electron chi connectivity index (χ3n) is 4.84. The summed E-state index contributed by atoms with van der Waals surface area (Å²) >= 11 is 0. The molecule has 1 rings (SSSR count). The Hall–Kier alpha value is -1.72. The van der Waals surface area contributed by atoms with Gasteiger partial charge in [0.15, 0.2) is 0 Å². The minimum absolute atomic E-state index is 0.156. The van der Waals surface area contributed by atoms with Gasteiger partial charge in [0, 0.05) is 30.6 Å². The summed E-state index contributed by atoms with van der Waals surface area (Å²) in [6.45, 7) is 0. The molecule has 1 atom stereocenters. The van der Waals surface area contributed by atoms with Crippen molar-refractivity contribution in [1.29, 1.82) is 0 Å². The summed E-state index contributed by atoms with van der Waals surface area (Å²) in [6.07, 6.45) is 11.9. The molecule has 1 aliphatic rings. The highest BCUT2D eigenvalue weighted by atomic mass is 16.6. The molecule has 0 bridgehead atoms. The number of allylic oxidation sites excluding steroid dienone is 1. The van der Waals surface area contributed by atoms with Gasteiger partial charge in [-0.2, -0.15) is 0 Å². The van der Waals surface area contributed by atoms with E-state index in [-0.39, 0.29) is 17.3 Å². The Morgan fingerprint density at radius 3 is 2.46 bits per heavy atom. The summed E-state index contributed by atoms with van der Waals surface area (Å²) in [4.78, 5) is 33.2. The van der Waals surface area contributed by atoms with E-state index in [9.17, 15) is 19.7 Å². The molecule has 0 saturated carbocycles. The topological polar surface area (TPSA) is 86.5 Å². The average Bonchev–Trinajstić information content (AvgIpc) is 2.59. The van der Waals surface area contributed by atoms with Crippen molar-refractivity contribution in [3.8, 4) is 0 Å². The van der Waals surface area contributed by atoms with Crippen LogP contribution in [-0.2, 0) is 14.3 Å². The first-order valence-corrected chi connectivity index (χ1v) is 8.89. The second-order valence-corrected chi connectivity index (χ2v) is 6.64. The molecule has 6 heteroatoms. The molecular weight excluding hydrogens is 310 g/mol. The van der Waals surface area contributed by atoms with E-state index >= 15 is 0 Å². The van der Waals surface area contributed by atoms with Crippen molar-refractivity contribution >= 4 is 12.3 Å². The summed E-state index contributed by atoms with van der Waals surface area (Å²) < 4.78 is 4.59. The zero-order valence-corrected chi connectivity index (χ0v) is 14.6. The van der Waals surface area contributed by atoms with Gasteiger partial charge in [0.1, 0.15) is 6.29 Å². The van der Waals surface area contributed by atoms with Gasteiger partial charge in [0.05, 0.1) is 7.11 Å². The summed E-state index contributed by atoms with van der Waals surface area (Å²) in [5.74, 6) is -0.156. The van der Waals surface area contributed by atoms with E-state index in [1.807, 2.05) is 6.08 Å². The predicted molar refractivity (Wildman–Crippen MR) is 91.3 cm³/mol. The van der Waals surface area contributed by atoms with Crippen molar-refractivity contribution in [3.05, 3.63) is 21.8 Å². The Balaban J connectivity index is 2.16. The third-order valence-corrected chi connectivity index (χ3v) is 4.84. The number of esters is 1.